The number of aromatic nitrogens is 1. The van der Waals surface area contributed by atoms with Gasteiger partial charge in [0.25, 0.3) is 0 Å². The quantitative estimate of drug-likeness (QED) is 0.271. The molecule has 0 saturated heterocycles. The molecule has 5 heteroatoms. The molecule has 0 fully saturated rings. The SMILES string of the molecule is Cc1ccc2[nH]c(-c3cccc(-c4ccc(C(C)(C)N)cc4Cl)c3)c(-c3ccsc3C#N)c2c1. The molecule has 0 aliphatic carbocycles. The number of nitrogens with zero attached hydrogens (tertiary/aromatic N) is 1. The Hall–Kier alpha value is -3.36. The summed E-state index contributed by atoms with van der Waals surface area (Å²) in [7, 11) is 0. The molecule has 0 spiro atoms. The zero-order valence-corrected chi connectivity index (χ0v) is 20.8. The van der Waals surface area contributed by atoms with Gasteiger partial charge in [-0.2, -0.15) is 5.26 Å². The molecule has 0 bridgehead atoms. The van der Waals surface area contributed by atoms with Gasteiger partial charge in [-0.25, -0.2) is 0 Å². The second-order valence-electron chi connectivity index (χ2n) is 9.20. The molecule has 2 heterocycles. The third-order valence-electron chi connectivity index (χ3n) is 6.17. The molecule has 0 unspecified atom stereocenters. The minimum Gasteiger partial charge on any atom is -0.354 e. The molecule has 3 nitrogen and oxygen atoms in total. The van der Waals surface area contributed by atoms with Crippen molar-refractivity contribution in [3.8, 4) is 39.6 Å². The first-order valence-corrected chi connectivity index (χ1v) is 12.3. The molecule has 3 N–H and O–H groups in total. The predicted octanol–water partition coefficient (Wildman–Crippen LogP) is 8.26. The Kier molecular flexibility index (Phi) is 5.58. The van der Waals surface area contributed by atoms with Gasteiger partial charge in [-0.15, -0.1) is 11.3 Å². The lowest BCUT2D eigenvalue weighted by molar-refractivity contribution is 0.554. The Balaban J connectivity index is 1.70. The summed E-state index contributed by atoms with van der Waals surface area (Å²) in [4.78, 5) is 4.33. The Labute approximate surface area is 208 Å². The second-order valence-corrected chi connectivity index (χ2v) is 10.5. The average Bonchev–Trinajstić information content (AvgIpc) is 3.42. The first-order valence-electron chi connectivity index (χ1n) is 11.1. The van der Waals surface area contributed by atoms with Gasteiger partial charge < -0.3 is 10.7 Å². The highest BCUT2D eigenvalue weighted by molar-refractivity contribution is 7.11. The van der Waals surface area contributed by atoms with E-state index in [1.165, 1.54) is 16.9 Å². The van der Waals surface area contributed by atoms with Crippen LogP contribution in [0.15, 0.2) is 72.1 Å². The summed E-state index contributed by atoms with van der Waals surface area (Å²) >= 11 is 8.17. The third-order valence-corrected chi connectivity index (χ3v) is 7.30. The van der Waals surface area contributed by atoms with Gasteiger partial charge >= 0.3 is 0 Å². The number of aromatic amines is 1. The molecule has 0 amide bonds. The Morgan fingerprint density at radius 1 is 0.971 bits per heavy atom. The molecule has 34 heavy (non-hydrogen) atoms. The number of rotatable bonds is 4. The molecule has 5 aromatic rings. The monoisotopic (exact) mass is 481 g/mol. The van der Waals surface area contributed by atoms with Crippen molar-refractivity contribution in [2.75, 3.05) is 0 Å². The molecule has 168 valence electrons. The van der Waals surface area contributed by atoms with E-state index in [-0.39, 0.29) is 0 Å². The number of hydrogen-bond acceptors (Lipinski definition) is 3. The molecule has 0 radical (unpaired) electrons. The maximum Gasteiger partial charge on any atom is 0.112 e. The fourth-order valence-corrected chi connectivity index (χ4v) is 5.37. The van der Waals surface area contributed by atoms with Gasteiger partial charge in [-0.1, -0.05) is 53.6 Å². The van der Waals surface area contributed by atoms with Crippen LogP contribution < -0.4 is 5.73 Å². The Morgan fingerprint density at radius 2 is 1.76 bits per heavy atom. The lowest BCUT2D eigenvalue weighted by atomic mass is 9.92. The van der Waals surface area contributed by atoms with Crippen molar-refractivity contribution in [3.63, 3.8) is 0 Å². The average molecular weight is 482 g/mol. The van der Waals surface area contributed by atoms with E-state index in [4.69, 9.17) is 17.3 Å². The van der Waals surface area contributed by atoms with Gasteiger partial charge in [0, 0.05) is 38.2 Å². The molecule has 0 atom stereocenters. The molecular formula is C29H24ClN3S. The van der Waals surface area contributed by atoms with Gasteiger partial charge in [0.15, 0.2) is 0 Å². The van der Waals surface area contributed by atoms with Crippen LogP contribution in [0.3, 0.4) is 0 Å². The number of nitriles is 1. The number of aryl methyl sites for hydroxylation is 1. The van der Waals surface area contributed by atoms with Gasteiger partial charge in [0.1, 0.15) is 10.9 Å². The zero-order chi connectivity index (χ0) is 24.0. The third kappa shape index (κ3) is 3.93. The second kappa shape index (κ2) is 8.45. The Bertz CT molecular complexity index is 1580. The van der Waals surface area contributed by atoms with Gasteiger partial charge in [-0.05, 0) is 73.2 Å². The van der Waals surface area contributed by atoms with Crippen LogP contribution >= 0.6 is 22.9 Å². The number of nitrogens with one attached hydrogen (secondary N) is 1. The number of benzene rings is 3. The van der Waals surface area contributed by atoms with Crippen LogP contribution in [0.1, 0.15) is 29.9 Å². The van der Waals surface area contributed by atoms with Gasteiger partial charge in [0.2, 0.25) is 0 Å². The van der Waals surface area contributed by atoms with E-state index in [0.717, 1.165) is 50.0 Å². The maximum absolute atomic E-state index is 9.72. The topological polar surface area (TPSA) is 65.6 Å². The lowest BCUT2D eigenvalue weighted by Gasteiger charge is -2.20. The van der Waals surface area contributed by atoms with Crippen molar-refractivity contribution in [1.29, 1.82) is 5.26 Å². The van der Waals surface area contributed by atoms with Crippen molar-refractivity contribution < 1.29 is 0 Å². The minimum absolute atomic E-state index is 0.458. The van der Waals surface area contributed by atoms with Crippen LogP contribution in [0.25, 0.3) is 44.4 Å². The summed E-state index contributed by atoms with van der Waals surface area (Å²) in [6, 6.07) is 25.1. The fraction of sp³-hybridized carbons (Fsp3) is 0.138. The van der Waals surface area contributed by atoms with Crippen molar-refractivity contribution in [1.82, 2.24) is 4.98 Å². The summed E-state index contributed by atoms with van der Waals surface area (Å²) < 4.78 is 0. The van der Waals surface area contributed by atoms with E-state index < -0.39 is 5.54 Å². The number of fused-ring (bicyclic) bond motifs is 1. The number of H-pyrrole nitrogens is 1. The van der Waals surface area contributed by atoms with E-state index in [1.807, 2.05) is 49.6 Å². The van der Waals surface area contributed by atoms with E-state index in [2.05, 4.69) is 54.4 Å². The first kappa shape index (κ1) is 22.4. The highest BCUT2D eigenvalue weighted by Crippen LogP contribution is 2.42. The van der Waals surface area contributed by atoms with Crippen LogP contribution in [0.2, 0.25) is 5.02 Å². The van der Waals surface area contributed by atoms with E-state index in [1.54, 1.807) is 0 Å². The van der Waals surface area contributed by atoms with E-state index >= 15 is 0 Å². The van der Waals surface area contributed by atoms with Crippen LogP contribution in [0, 0.1) is 18.3 Å². The number of nitrogens with two attached hydrogens (primary N) is 1. The molecule has 0 aliphatic heterocycles. The number of thiophene rings is 1. The van der Waals surface area contributed by atoms with Crippen molar-refractivity contribution in [3.05, 3.63) is 93.1 Å². The molecule has 3 aromatic carbocycles. The standard InChI is InChI=1S/C29H24ClN3S/c1-17-7-10-25-23(13-17)27(22-11-12-34-26(22)16-31)28(33-25)19-6-4-5-18(14-19)21-9-8-20(15-24(21)30)29(2,3)32/h4-15,33H,32H2,1-3H3. The fourth-order valence-electron chi connectivity index (χ4n) is 4.39. The van der Waals surface area contributed by atoms with Crippen LogP contribution in [0.5, 0.6) is 0 Å². The van der Waals surface area contributed by atoms with Crippen LogP contribution in [-0.4, -0.2) is 4.98 Å². The highest BCUT2D eigenvalue weighted by Gasteiger charge is 2.20. The number of hydrogen-bond donors (Lipinski definition) is 2. The van der Waals surface area contributed by atoms with Crippen LogP contribution in [0.4, 0.5) is 0 Å². The maximum atomic E-state index is 9.72. The smallest absolute Gasteiger partial charge is 0.112 e. The summed E-state index contributed by atoms with van der Waals surface area (Å²) in [6.07, 6.45) is 0. The van der Waals surface area contributed by atoms with Crippen LogP contribution in [-0.2, 0) is 5.54 Å². The van der Waals surface area contributed by atoms with E-state index in [0.29, 0.717) is 9.90 Å². The Morgan fingerprint density at radius 3 is 2.50 bits per heavy atom. The van der Waals surface area contributed by atoms with E-state index in [9.17, 15) is 5.26 Å². The first-order chi connectivity index (χ1) is 16.3. The van der Waals surface area contributed by atoms with Crippen molar-refractivity contribution in [2.24, 2.45) is 5.73 Å². The van der Waals surface area contributed by atoms with Crippen molar-refractivity contribution >= 4 is 33.8 Å². The predicted molar refractivity (Wildman–Crippen MR) is 144 cm³/mol. The molecule has 5 rings (SSSR count). The van der Waals surface area contributed by atoms with Crippen molar-refractivity contribution in [2.45, 2.75) is 26.3 Å². The molecule has 2 aromatic heterocycles. The number of halogens is 1. The molecular weight excluding hydrogens is 458 g/mol. The minimum atomic E-state index is -0.458. The van der Waals surface area contributed by atoms with Gasteiger partial charge in [-0.3, -0.25) is 0 Å². The highest BCUT2D eigenvalue weighted by atomic mass is 35.5. The zero-order valence-electron chi connectivity index (χ0n) is 19.2. The molecule has 0 aliphatic rings. The normalized spacial score (nSPS) is 11.6. The summed E-state index contributed by atoms with van der Waals surface area (Å²) in [5.41, 5.74) is 15.0. The molecule has 0 saturated carbocycles. The van der Waals surface area contributed by atoms with Gasteiger partial charge in [0.05, 0.1) is 5.69 Å². The summed E-state index contributed by atoms with van der Waals surface area (Å²) in [5.74, 6) is 0. The lowest BCUT2D eigenvalue weighted by Crippen LogP contribution is -2.28. The summed E-state index contributed by atoms with van der Waals surface area (Å²) in [5, 5.41) is 13.5. The summed E-state index contributed by atoms with van der Waals surface area (Å²) in [6.45, 7) is 6.03. The largest absolute Gasteiger partial charge is 0.354 e.